The second-order valence-corrected chi connectivity index (χ2v) is 14.6. The molecule has 7 heterocycles. The van der Waals surface area contributed by atoms with E-state index in [2.05, 4.69) is 50.8 Å². The van der Waals surface area contributed by atoms with Crippen molar-refractivity contribution < 1.29 is 22.9 Å². The molecule has 0 unspecified atom stereocenters. The highest BCUT2D eigenvalue weighted by Crippen LogP contribution is 2.40. The van der Waals surface area contributed by atoms with Crippen LogP contribution in [-0.2, 0) is 33.3 Å². The maximum Gasteiger partial charge on any atom is 0.254 e. The first kappa shape index (κ1) is 37.3. The van der Waals surface area contributed by atoms with E-state index in [1.54, 1.807) is 82.6 Å². The van der Waals surface area contributed by atoms with Crippen molar-refractivity contribution >= 4 is 35.0 Å². The Morgan fingerprint density at radius 2 is 1.40 bits per heavy atom. The summed E-state index contributed by atoms with van der Waals surface area (Å²) >= 11 is 0. The molecule has 5 aromatic heterocycles. The Morgan fingerprint density at radius 3 is 2.05 bits per heavy atom. The Kier molecular flexibility index (Phi) is 9.07. The molecule has 2 aromatic carbocycles. The van der Waals surface area contributed by atoms with Gasteiger partial charge in [0, 0.05) is 48.6 Å². The first-order chi connectivity index (χ1) is 27.7. The Labute approximate surface area is 329 Å². The summed E-state index contributed by atoms with van der Waals surface area (Å²) in [6, 6.07) is 14.6. The molecule has 2 aliphatic heterocycles. The monoisotopic (exact) mass is 781 g/mol. The molecule has 0 bridgehead atoms. The number of amides is 2. The summed E-state index contributed by atoms with van der Waals surface area (Å²) in [7, 11) is 0. The second kappa shape index (κ2) is 14.1. The number of nitrogens with two attached hydrogens (primary N) is 1. The molecule has 0 saturated carbocycles. The largest absolute Gasteiger partial charge is 0.383 e. The van der Waals surface area contributed by atoms with Crippen LogP contribution in [0.4, 0.5) is 31.9 Å². The SMILES string of the molecule is CC1(C)C(=O)Nc2nc(-n3cc(-c4ccon4)c(Cc4ccccc4F)n3)nc(N)c21.[C-]#[N+]c1cn(-c2ncc3c(n2)NC(=O)C3(C)C)nc1Cc1ccccc1F. The van der Waals surface area contributed by atoms with Crippen molar-refractivity contribution in [3.05, 3.63) is 136 Å². The number of rotatable bonds is 7. The average molecular weight is 782 g/mol. The Hall–Kier alpha value is -7.68. The minimum Gasteiger partial charge on any atom is -0.383 e. The Bertz CT molecular complexity index is 2800. The van der Waals surface area contributed by atoms with E-state index in [9.17, 15) is 18.4 Å². The lowest BCUT2D eigenvalue weighted by atomic mass is 9.87. The van der Waals surface area contributed by atoms with Gasteiger partial charge in [0.25, 0.3) is 11.9 Å². The van der Waals surface area contributed by atoms with Gasteiger partial charge in [-0.3, -0.25) is 9.59 Å². The number of carbonyl (C=O) groups excluding carboxylic acids is 2. The van der Waals surface area contributed by atoms with Crippen molar-refractivity contribution in [2.24, 2.45) is 0 Å². The standard InChI is InChI=1S/C21H18FN7O2.C19H15FN6O/c1-21(2)16-17(23)24-20(26-18(16)25-19(21)30)29-10-12(14-7-8-31-28-14)15(27-29)9-11-5-3-4-6-13(11)22;1-19(2)12-9-22-18(24-16(12)23-17(19)27)26-10-15(21-3)14(25-26)8-11-6-4-5-7-13(11)20/h3-8,10H,9H2,1-2H3,(H3,23,24,25,26,30);4-7,9-10H,8H2,1-2H3,(H,22,23,24,27). The molecule has 0 saturated heterocycles. The van der Waals surface area contributed by atoms with Crippen LogP contribution in [0.5, 0.6) is 0 Å². The van der Waals surface area contributed by atoms with Crippen LogP contribution in [0, 0.1) is 18.2 Å². The average Bonchev–Trinajstić information content (AvgIpc) is 4.02. The first-order valence-corrected chi connectivity index (χ1v) is 17.9. The van der Waals surface area contributed by atoms with Crippen molar-refractivity contribution in [1.82, 2.24) is 44.7 Å². The summed E-state index contributed by atoms with van der Waals surface area (Å²) in [6.07, 6.45) is 6.63. The number of hydrogen-bond acceptors (Lipinski definition) is 11. The van der Waals surface area contributed by atoms with Gasteiger partial charge in [-0.1, -0.05) is 41.6 Å². The Balaban J connectivity index is 0.000000164. The molecule has 0 atom stereocenters. The fourth-order valence-corrected chi connectivity index (χ4v) is 6.65. The topological polar surface area (TPSA) is 202 Å². The van der Waals surface area contributed by atoms with Gasteiger partial charge in [0.1, 0.15) is 41.0 Å². The summed E-state index contributed by atoms with van der Waals surface area (Å²) in [5.74, 6) is 0.369. The highest BCUT2D eigenvalue weighted by molar-refractivity contribution is 6.06. The number of carbonyl (C=O) groups is 2. The first-order valence-electron chi connectivity index (χ1n) is 17.9. The number of aromatic nitrogens is 9. The fraction of sp³-hybridized carbons (Fsp3) is 0.200. The van der Waals surface area contributed by atoms with Crippen LogP contribution in [0.3, 0.4) is 0 Å². The van der Waals surface area contributed by atoms with E-state index in [-0.39, 0.29) is 54.0 Å². The molecule has 18 heteroatoms. The van der Waals surface area contributed by atoms with Crippen LogP contribution in [0.1, 0.15) is 61.3 Å². The number of fused-ring (bicyclic) bond motifs is 2. The molecular formula is C40H33F2N13O3. The third-order valence-electron chi connectivity index (χ3n) is 10.0. The van der Waals surface area contributed by atoms with Gasteiger partial charge in [-0.2, -0.15) is 25.1 Å². The van der Waals surface area contributed by atoms with Gasteiger partial charge in [0.05, 0.1) is 34.4 Å². The molecule has 0 radical (unpaired) electrons. The summed E-state index contributed by atoms with van der Waals surface area (Å²) in [4.78, 5) is 45.3. The quantitative estimate of drug-likeness (QED) is 0.159. The highest BCUT2D eigenvalue weighted by Gasteiger charge is 2.42. The zero-order chi connectivity index (χ0) is 40.9. The van der Waals surface area contributed by atoms with Gasteiger partial charge in [-0.15, -0.1) is 0 Å². The van der Waals surface area contributed by atoms with Crippen LogP contribution in [0.2, 0.25) is 0 Å². The van der Waals surface area contributed by atoms with Crippen molar-refractivity contribution in [3.63, 3.8) is 0 Å². The van der Waals surface area contributed by atoms with Crippen LogP contribution in [-0.4, -0.2) is 56.5 Å². The molecule has 2 amide bonds. The smallest absolute Gasteiger partial charge is 0.254 e. The Morgan fingerprint density at radius 1 is 0.793 bits per heavy atom. The summed E-state index contributed by atoms with van der Waals surface area (Å²) in [5, 5.41) is 18.4. The predicted octanol–water partition coefficient (Wildman–Crippen LogP) is 6.03. The molecule has 0 spiro atoms. The molecule has 2 aliphatic rings. The molecule has 58 heavy (non-hydrogen) atoms. The maximum atomic E-state index is 14.2. The number of hydrogen-bond donors (Lipinski definition) is 3. The van der Waals surface area contributed by atoms with E-state index in [0.717, 1.165) is 0 Å². The number of anilines is 3. The molecule has 290 valence electrons. The van der Waals surface area contributed by atoms with E-state index in [1.807, 2.05) is 0 Å². The minimum absolute atomic E-state index is 0.147. The van der Waals surface area contributed by atoms with E-state index in [0.29, 0.717) is 62.2 Å². The van der Waals surface area contributed by atoms with E-state index in [4.69, 9.17) is 16.8 Å². The van der Waals surface area contributed by atoms with Crippen molar-refractivity contribution in [1.29, 1.82) is 0 Å². The van der Waals surface area contributed by atoms with Gasteiger partial charge in [0.15, 0.2) is 0 Å². The number of nitrogens with zero attached hydrogens (tertiary/aromatic N) is 10. The lowest BCUT2D eigenvalue weighted by Crippen LogP contribution is -2.27. The molecule has 4 N–H and O–H groups in total. The van der Waals surface area contributed by atoms with Gasteiger partial charge in [-0.25, -0.2) is 28.0 Å². The number of halogens is 2. The van der Waals surface area contributed by atoms with Gasteiger partial charge >= 0.3 is 0 Å². The lowest BCUT2D eigenvalue weighted by Gasteiger charge is -2.16. The van der Waals surface area contributed by atoms with E-state index >= 15 is 0 Å². The summed E-state index contributed by atoms with van der Waals surface area (Å²) in [6.45, 7) is 14.5. The second-order valence-electron chi connectivity index (χ2n) is 14.6. The molecular weight excluding hydrogens is 749 g/mol. The number of nitrogen functional groups attached to an aromatic ring is 1. The number of nitrogens with one attached hydrogen (secondary N) is 2. The third-order valence-corrected chi connectivity index (χ3v) is 10.0. The minimum atomic E-state index is -0.829. The molecule has 9 rings (SSSR count). The van der Waals surface area contributed by atoms with Gasteiger partial charge < -0.3 is 20.9 Å². The lowest BCUT2D eigenvalue weighted by molar-refractivity contribution is -0.120. The van der Waals surface area contributed by atoms with E-state index < -0.39 is 10.8 Å². The van der Waals surface area contributed by atoms with Crippen LogP contribution < -0.4 is 16.4 Å². The van der Waals surface area contributed by atoms with Crippen molar-refractivity contribution in [2.45, 2.75) is 51.4 Å². The zero-order valence-corrected chi connectivity index (χ0v) is 31.4. The van der Waals surface area contributed by atoms with Crippen molar-refractivity contribution in [2.75, 3.05) is 16.4 Å². The zero-order valence-electron chi connectivity index (χ0n) is 31.4. The summed E-state index contributed by atoms with van der Waals surface area (Å²) < 4.78 is 35.9. The van der Waals surface area contributed by atoms with Crippen LogP contribution in [0.25, 0.3) is 28.0 Å². The predicted molar refractivity (Wildman–Crippen MR) is 206 cm³/mol. The molecule has 16 nitrogen and oxygen atoms in total. The van der Waals surface area contributed by atoms with Crippen LogP contribution in [0.15, 0.2) is 84.0 Å². The molecule has 7 aromatic rings. The molecule has 0 fully saturated rings. The van der Waals surface area contributed by atoms with Gasteiger partial charge in [0.2, 0.25) is 17.5 Å². The highest BCUT2D eigenvalue weighted by atomic mass is 19.1. The van der Waals surface area contributed by atoms with Crippen molar-refractivity contribution in [3.8, 4) is 23.2 Å². The van der Waals surface area contributed by atoms with Crippen LogP contribution >= 0.6 is 0 Å². The van der Waals surface area contributed by atoms with Gasteiger partial charge in [-0.05, 0) is 51.0 Å². The van der Waals surface area contributed by atoms with E-state index in [1.165, 1.54) is 34.0 Å². The number of benzene rings is 2. The fourth-order valence-electron chi connectivity index (χ4n) is 6.65. The maximum absolute atomic E-state index is 14.2. The molecule has 0 aliphatic carbocycles. The normalized spacial score (nSPS) is 14.5. The third kappa shape index (κ3) is 6.57. The summed E-state index contributed by atoms with van der Waals surface area (Å²) in [5.41, 5.74) is 9.32.